The van der Waals surface area contributed by atoms with Crippen LogP contribution in [0.5, 0.6) is 0 Å². The molecule has 0 unspecified atom stereocenters. The van der Waals surface area contributed by atoms with Crippen LogP contribution < -0.4 is 9.62 Å². The molecule has 0 spiro atoms. The average Bonchev–Trinajstić information content (AvgIpc) is 2.37. The van der Waals surface area contributed by atoms with Gasteiger partial charge in [-0.3, -0.25) is 9.10 Å². The molecule has 0 saturated carbocycles. The molecule has 1 aliphatic rings. The normalized spacial score (nSPS) is 14.8. The first-order chi connectivity index (χ1) is 9.41. The summed E-state index contributed by atoms with van der Waals surface area (Å²) in [5, 5.41) is 2.84. The maximum atomic E-state index is 11.8. The van der Waals surface area contributed by atoms with Crippen molar-refractivity contribution in [3.63, 3.8) is 0 Å². The van der Waals surface area contributed by atoms with Crippen LogP contribution in [0.3, 0.4) is 0 Å². The lowest BCUT2D eigenvalue weighted by molar-refractivity contribution is -0.116. The Kier molecular flexibility index (Phi) is 4.32. The number of rotatable bonds is 4. The third-order valence-electron chi connectivity index (χ3n) is 3.32. The molecule has 0 radical (unpaired) electrons. The number of carbonyl (C=O) groups is 1. The molecule has 0 saturated heterocycles. The van der Waals surface area contributed by atoms with Crippen LogP contribution in [0, 0.1) is 0 Å². The molecule has 1 N–H and O–H groups in total. The number of aryl methyl sites for hydroxylation is 1. The number of hydrogen-bond donors (Lipinski definition) is 1. The highest BCUT2D eigenvalue weighted by Gasteiger charge is 2.24. The van der Waals surface area contributed by atoms with Crippen molar-refractivity contribution < 1.29 is 13.2 Å². The molecule has 1 amide bonds. The number of benzene rings is 1. The minimum absolute atomic E-state index is 0.0109. The highest BCUT2D eigenvalue weighted by Crippen LogP contribution is 2.31. The second-order valence-electron chi connectivity index (χ2n) is 5.08. The Morgan fingerprint density at radius 2 is 2.15 bits per heavy atom. The van der Waals surface area contributed by atoms with Crippen LogP contribution in [0.15, 0.2) is 18.2 Å². The van der Waals surface area contributed by atoms with Gasteiger partial charge < -0.3 is 5.32 Å². The lowest BCUT2D eigenvalue weighted by atomic mass is 10.0. The van der Waals surface area contributed by atoms with Crippen LogP contribution in [0.1, 0.15) is 31.7 Å². The van der Waals surface area contributed by atoms with Crippen LogP contribution in [0.2, 0.25) is 0 Å². The summed E-state index contributed by atoms with van der Waals surface area (Å²) < 4.78 is 24.9. The van der Waals surface area contributed by atoms with Crippen LogP contribution in [-0.4, -0.2) is 27.1 Å². The van der Waals surface area contributed by atoms with Gasteiger partial charge in [0.15, 0.2) is 0 Å². The monoisotopic (exact) mass is 296 g/mol. The van der Waals surface area contributed by atoms with Crippen LogP contribution in [0.4, 0.5) is 11.4 Å². The molecule has 5 nitrogen and oxygen atoms in total. The van der Waals surface area contributed by atoms with Gasteiger partial charge in [0.05, 0.1) is 11.9 Å². The summed E-state index contributed by atoms with van der Waals surface area (Å²) in [6, 6.07) is 5.41. The van der Waals surface area contributed by atoms with Crippen molar-refractivity contribution in [1.29, 1.82) is 0 Å². The van der Waals surface area contributed by atoms with Gasteiger partial charge in [0, 0.05) is 18.7 Å². The van der Waals surface area contributed by atoms with Crippen molar-refractivity contribution in [2.75, 3.05) is 22.4 Å². The van der Waals surface area contributed by atoms with Gasteiger partial charge >= 0.3 is 0 Å². The molecule has 1 aromatic rings. The zero-order valence-electron chi connectivity index (χ0n) is 11.8. The fraction of sp³-hybridized carbons (Fsp3) is 0.500. The molecule has 0 aromatic heterocycles. The number of fused-ring (bicyclic) bond motifs is 1. The van der Waals surface area contributed by atoms with E-state index in [1.807, 2.05) is 13.0 Å². The van der Waals surface area contributed by atoms with Gasteiger partial charge in [0.1, 0.15) is 0 Å². The van der Waals surface area contributed by atoms with Gasteiger partial charge in [-0.15, -0.1) is 0 Å². The Bertz CT molecular complexity index is 611. The van der Waals surface area contributed by atoms with E-state index in [1.54, 1.807) is 12.1 Å². The van der Waals surface area contributed by atoms with E-state index < -0.39 is 10.0 Å². The maximum Gasteiger partial charge on any atom is 0.232 e. The van der Waals surface area contributed by atoms with Gasteiger partial charge in [-0.05, 0) is 43.0 Å². The largest absolute Gasteiger partial charge is 0.326 e. The lowest BCUT2D eigenvalue weighted by Gasteiger charge is -2.29. The van der Waals surface area contributed by atoms with Gasteiger partial charge in [-0.25, -0.2) is 8.42 Å². The first-order valence-electron chi connectivity index (χ1n) is 6.82. The Hall–Kier alpha value is -1.56. The van der Waals surface area contributed by atoms with E-state index in [0.29, 0.717) is 13.0 Å². The number of hydrogen-bond acceptors (Lipinski definition) is 3. The molecular formula is C14H20N2O3S. The van der Waals surface area contributed by atoms with E-state index in [9.17, 15) is 13.2 Å². The standard InChI is InChI=1S/C14H20N2O3S/c1-3-5-14(17)15-12-7-8-13-11(10-12)6-4-9-16(13)20(2,18)19/h7-8,10H,3-6,9H2,1-2H3,(H,15,17). The van der Waals surface area contributed by atoms with Crippen LogP contribution in [-0.2, 0) is 21.2 Å². The molecule has 6 heteroatoms. The molecule has 0 bridgehead atoms. The van der Waals surface area contributed by atoms with E-state index in [0.717, 1.165) is 36.2 Å². The highest BCUT2D eigenvalue weighted by atomic mass is 32.2. The fourth-order valence-corrected chi connectivity index (χ4v) is 3.43. The minimum Gasteiger partial charge on any atom is -0.326 e. The van der Waals surface area contributed by atoms with Crippen LogP contribution in [0.25, 0.3) is 0 Å². The smallest absolute Gasteiger partial charge is 0.232 e. The number of sulfonamides is 1. The van der Waals surface area contributed by atoms with Crippen LogP contribution >= 0.6 is 0 Å². The molecule has 0 fully saturated rings. The summed E-state index contributed by atoms with van der Waals surface area (Å²) in [7, 11) is -3.24. The van der Waals surface area contributed by atoms with Crippen molar-refractivity contribution in [3.05, 3.63) is 23.8 Å². The van der Waals surface area contributed by atoms with E-state index in [4.69, 9.17) is 0 Å². The zero-order chi connectivity index (χ0) is 14.8. The molecule has 1 aliphatic heterocycles. The SMILES string of the molecule is CCCC(=O)Nc1ccc2c(c1)CCCN2S(C)(=O)=O. The van der Waals surface area contributed by atoms with Crippen molar-refractivity contribution in [3.8, 4) is 0 Å². The van der Waals surface area contributed by atoms with Crippen molar-refractivity contribution >= 4 is 27.3 Å². The molecule has 2 rings (SSSR count). The summed E-state index contributed by atoms with van der Waals surface area (Å²) in [4.78, 5) is 11.6. The van der Waals surface area contributed by atoms with Gasteiger partial charge in [0.2, 0.25) is 15.9 Å². The molecule has 20 heavy (non-hydrogen) atoms. The zero-order valence-corrected chi connectivity index (χ0v) is 12.7. The lowest BCUT2D eigenvalue weighted by Crippen LogP contribution is -2.34. The average molecular weight is 296 g/mol. The minimum atomic E-state index is -3.24. The topological polar surface area (TPSA) is 66.5 Å². The van der Waals surface area contributed by atoms with E-state index in [-0.39, 0.29) is 5.91 Å². The Balaban J connectivity index is 2.26. The fourth-order valence-electron chi connectivity index (χ4n) is 2.44. The molecule has 1 heterocycles. The summed E-state index contributed by atoms with van der Waals surface area (Å²) >= 11 is 0. The number of amides is 1. The number of anilines is 2. The Labute approximate surface area is 120 Å². The van der Waals surface area contributed by atoms with Crippen molar-refractivity contribution in [2.45, 2.75) is 32.6 Å². The first kappa shape index (κ1) is 14.8. The maximum absolute atomic E-state index is 11.8. The predicted octanol–water partition coefficient (Wildman–Crippen LogP) is 2.14. The molecule has 0 atom stereocenters. The van der Waals surface area contributed by atoms with E-state index in [1.165, 1.54) is 10.6 Å². The Morgan fingerprint density at radius 1 is 1.40 bits per heavy atom. The van der Waals surface area contributed by atoms with Crippen molar-refractivity contribution in [1.82, 2.24) is 0 Å². The number of nitrogens with one attached hydrogen (secondary N) is 1. The molecular weight excluding hydrogens is 276 g/mol. The summed E-state index contributed by atoms with van der Waals surface area (Å²) in [5.74, 6) is -0.0109. The van der Waals surface area contributed by atoms with E-state index in [2.05, 4.69) is 5.32 Å². The Morgan fingerprint density at radius 3 is 2.80 bits per heavy atom. The second kappa shape index (κ2) is 5.83. The summed E-state index contributed by atoms with van der Waals surface area (Å²) in [6.45, 7) is 2.48. The first-order valence-corrected chi connectivity index (χ1v) is 8.67. The van der Waals surface area contributed by atoms with Gasteiger partial charge in [-0.1, -0.05) is 6.92 Å². The second-order valence-corrected chi connectivity index (χ2v) is 6.99. The van der Waals surface area contributed by atoms with E-state index >= 15 is 0 Å². The summed E-state index contributed by atoms with van der Waals surface area (Å²) in [5.41, 5.74) is 2.43. The highest BCUT2D eigenvalue weighted by molar-refractivity contribution is 7.92. The van der Waals surface area contributed by atoms with Gasteiger partial charge in [-0.2, -0.15) is 0 Å². The third kappa shape index (κ3) is 3.30. The molecule has 1 aromatic carbocycles. The van der Waals surface area contributed by atoms with Crippen molar-refractivity contribution in [2.24, 2.45) is 0 Å². The summed E-state index contributed by atoms with van der Waals surface area (Å²) in [6.07, 6.45) is 4.15. The number of nitrogens with zero attached hydrogens (tertiary/aromatic N) is 1. The predicted molar refractivity (Wildman–Crippen MR) is 80.5 cm³/mol. The third-order valence-corrected chi connectivity index (χ3v) is 4.50. The molecule has 110 valence electrons. The van der Waals surface area contributed by atoms with Gasteiger partial charge in [0.25, 0.3) is 0 Å². The number of carbonyl (C=O) groups excluding carboxylic acids is 1. The molecule has 0 aliphatic carbocycles. The quantitative estimate of drug-likeness (QED) is 0.925.